The maximum absolute atomic E-state index is 11.1. The molecule has 6 heteroatoms. The Balaban J connectivity index is 0.00000196. The third-order valence-electron chi connectivity index (χ3n) is 1.65. The van der Waals surface area contributed by atoms with Crippen LogP contribution < -0.4 is 5.73 Å². The molecule has 1 aromatic rings. The molecule has 2 N–H and O–H groups in total. The molecular formula is C9H13BrClNO2S. The van der Waals surface area contributed by atoms with E-state index in [2.05, 4.69) is 15.9 Å². The van der Waals surface area contributed by atoms with Gasteiger partial charge >= 0.3 is 5.97 Å². The van der Waals surface area contributed by atoms with Crippen LogP contribution in [0.15, 0.2) is 15.9 Å². The zero-order valence-corrected chi connectivity index (χ0v) is 11.5. The Morgan fingerprint density at radius 3 is 2.87 bits per heavy atom. The van der Waals surface area contributed by atoms with Crippen molar-refractivity contribution in [1.29, 1.82) is 0 Å². The predicted molar refractivity (Wildman–Crippen MR) is 67.4 cm³/mol. The van der Waals surface area contributed by atoms with Crippen LogP contribution in [0.4, 0.5) is 0 Å². The van der Waals surface area contributed by atoms with Gasteiger partial charge in [0.25, 0.3) is 0 Å². The number of carbonyl (C=O) groups is 1. The van der Waals surface area contributed by atoms with Gasteiger partial charge < -0.3 is 10.5 Å². The largest absolute Gasteiger partial charge is 0.466 e. The average molecular weight is 315 g/mol. The summed E-state index contributed by atoms with van der Waals surface area (Å²) < 4.78 is 5.81. The maximum Gasteiger partial charge on any atom is 0.307 e. The van der Waals surface area contributed by atoms with Crippen molar-refractivity contribution in [2.24, 2.45) is 5.73 Å². The highest BCUT2D eigenvalue weighted by Crippen LogP contribution is 2.26. The topological polar surface area (TPSA) is 52.3 Å². The highest BCUT2D eigenvalue weighted by Gasteiger charge is 2.13. The molecule has 0 fully saturated rings. The summed E-state index contributed by atoms with van der Waals surface area (Å²) in [5, 5.41) is 1.94. The van der Waals surface area contributed by atoms with Crippen molar-refractivity contribution in [1.82, 2.24) is 0 Å². The zero-order valence-electron chi connectivity index (χ0n) is 8.23. The SMILES string of the molecule is CCOC(=O)C[C@@H](N)c1cc(Br)cs1.Cl. The normalized spacial score (nSPS) is 11.7. The molecule has 15 heavy (non-hydrogen) atoms. The third-order valence-corrected chi connectivity index (χ3v) is 3.47. The number of hydrogen-bond acceptors (Lipinski definition) is 4. The molecule has 1 aromatic heterocycles. The van der Waals surface area contributed by atoms with Crippen molar-refractivity contribution in [2.75, 3.05) is 6.61 Å². The van der Waals surface area contributed by atoms with Crippen molar-refractivity contribution in [3.8, 4) is 0 Å². The van der Waals surface area contributed by atoms with E-state index >= 15 is 0 Å². The summed E-state index contributed by atoms with van der Waals surface area (Å²) in [6.07, 6.45) is 0.237. The number of hydrogen-bond donors (Lipinski definition) is 1. The first-order valence-corrected chi connectivity index (χ1v) is 5.96. The van der Waals surface area contributed by atoms with E-state index in [4.69, 9.17) is 10.5 Å². The molecule has 1 heterocycles. The summed E-state index contributed by atoms with van der Waals surface area (Å²) in [7, 11) is 0. The summed E-state index contributed by atoms with van der Waals surface area (Å²) >= 11 is 4.87. The Hall–Kier alpha value is -0.100. The molecule has 0 aliphatic carbocycles. The molecule has 0 aliphatic rings. The molecule has 0 aliphatic heterocycles. The summed E-state index contributed by atoms with van der Waals surface area (Å²) in [5.74, 6) is -0.246. The fourth-order valence-electron chi connectivity index (χ4n) is 1.02. The van der Waals surface area contributed by atoms with Gasteiger partial charge in [0.1, 0.15) is 0 Å². The minimum Gasteiger partial charge on any atom is -0.466 e. The monoisotopic (exact) mass is 313 g/mol. The number of rotatable bonds is 4. The second-order valence-electron chi connectivity index (χ2n) is 2.78. The fraction of sp³-hybridized carbons (Fsp3) is 0.444. The third kappa shape index (κ3) is 4.97. The lowest BCUT2D eigenvalue weighted by atomic mass is 10.2. The second-order valence-corrected chi connectivity index (χ2v) is 4.64. The summed E-state index contributed by atoms with van der Waals surface area (Å²) in [5.41, 5.74) is 5.83. The van der Waals surface area contributed by atoms with E-state index < -0.39 is 0 Å². The van der Waals surface area contributed by atoms with Crippen LogP contribution in [0.1, 0.15) is 24.3 Å². The van der Waals surface area contributed by atoms with Gasteiger partial charge in [-0.2, -0.15) is 0 Å². The molecule has 0 spiro atoms. The standard InChI is InChI=1S/C9H12BrNO2S.ClH/c1-2-13-9(12)4-7(11)8-3-6(10)5-14-8;/h3,5,7H,2,4,11H2,1H3;1H/t7-;/m1./s1. The van der Waals surface area contributed by atoms with E-state index in [0.717, 1.165) is 9.35 Å². The van der Waals surface area contributed by atoms with Crippen LogP contribution in [0.25, 0.3) is 0 Å². The number of carbonyl (C=O) groups excluding carboxylic acids is 1. The van der Waals surface area contributed by atoms with Crippen LogP contribution in [0.2, 0.25) is 0 Å². The van der Waals surface area contributed by atoms with Gasteiger partial charge in [0.15, 0.2) is 0 Å². The van der Waals surface area contributed by atoms with Gasteiger partial charge in [-0.15, -0.1) is 23.7 Å². The minimum atomic E-state index is -0.259. The van der Waals surface area contributed by atoms with E-state index in [9.17, 15) is 4.79 Å². The van der Waals surface area contributed by atoms with Crippen molar-refractivity contribution < 1.29 is 9.53 Å². The van der Waals surface area contributed by atoms with Gasteiger partial charge in [-0.05, 0) is 28.9 Å². The first-order chi connectivity index (χ1) is 6.63. The smallest absolute Gasteiger partial charge is 0.307 e. The Bertz CT molecular complexity index is 319. The van der Waals surface area contributed by atoms with Gasteiger partial charge in [0.05, 0.1) is 13.0 Å². The van der Waals surface area contributed by atoms with Crippen molar-refractivity contribution >= 4 is 45.6 Å². The number of thiophene rings is 1. The summed E-state index contributed by atoms with van der Waals surface area (Å²) in [6.45, 7) is 2.19. The Morgan fingerprint density at radius 2 is 2.40 bits per heavy atom. The maximum atomic E-state index is 11.1. The molecular weight excluding hydrogens is 302 g/mol. The van der Waals surface area contributed by atoms with E-state index in [-0.39, 0.29) is 30.8 Å². The number of halogens is 2. The molecule has 0 bridgehead atoms. The lowest BCUT2D eigenvalue weighted by Gasteiger charge is -2.07. The van der Waals surface area contributed by atoms with Gasteiger partial charge in [-0.1, -0.05) is 0 Å². The zero-order chi connectivity index (χ0) is 10.6. The lowest BCUT2D eigenvalue weighted by Crippen LogP contribution is -2.16. The molecule has 0 aromatic carbocycles. The Labute approximate surface area is 108 Å². The lowest BCUT2D eigenvalue weighted by molar-refractivity contribution is -0.143. The van der Waals surface area contributed by atoms with Crippen molar-refractivity contribution in [2.45, 2.75) is 19.4 Å². The van der Waals surface area contributed by atoms with Gasteiger partial charge in [0, 0.05) is 20.8 Å². The van der Waals surface area contributed by atoms with E-state index in [1.165, 1.54) is 11.3 Å². The predicted octanol–water partition coefficient (Wildman–Crippen LogP) is 2.89. The Morgan fingerprint density at radius 1 is 1.73 bits per heavy atom. The highest BCUT2D eigenvalue weighted by molar-refractivity contribution is 9.10. The van der Waals surface area contributed by atoms with Crippen LogP contribution in [0.5, 0.6) is 0 Å². The van der Waals surface area contributed by atoms with E-state index in [0.29, 0.717) is 6.61 Å². The van der Waals surface area contributed by atoms with Gasteiger partial charge in [0.2, 0.25) is 0 Å². The quantitative estimate of drug-likeness (QED) is 0.869. The van der Waals surface area contributed by atoms with Gasteiger partial charge in [-0.25, -0.2) is 0 Å². The molecule has 0 saturated carbocycles. The van der Waals surface area contributed by atoms with Gasteiger partial charge in [-0.3, -0.25) is 4.79 Å². The first-order valence-electron chi connectivity index (χ1n) is 4.28. The molecule has 1 rings (SSSR count). The van der Waals surface area contributed by atoms with Crippen LogP contribution in [0.3, 0.4) is 0 Å². The number of ether oxygens (including phenoxy) is 1. The fourth-order valence-corrected chi connectivity index (χ4v) is 2.47. The summed E-state index contributed by atoms with van der Waals surface area (Å²) in [4.78, 5) is 12.1. The van der Waals surface area contributed by atoms with Crippen LogP contribution in [-0.2, 0) is 9.53 Å². The number of esters is 1. The molecule has 86 valence electrons. The molecule has 0 radical (unpaired) electrons. The molecule has 0 amide bonds. The average Bonchev–Trinajstić information content (AvgIpc) is 2.52. The van der Waals surface area contributed by atoms with Crippen LogP contribution >= 0.6 is 39.7 Å². The van der Waals surface area contributed by atoms with Crippen LogP contribution in [-0.4, -0.2) is 12.6 Å². The van der Waals surface area contributed by atoms with E-state index in [1.54, 1.807) is 6.92 Å². The summed E-state index contributed by atoms with van der Waals surface area (Å²) in [6, 6.07) is 1.67. The molecule has 0 unspecified atom stereocenters. The van der Waals surface area contributed by atoms with E-state index in [1.807, 2.05) is 11.4 Å². The highest BCUT2D eigenvalue weighted by atomic mass is 79.9. The second kappa shape index (κ2) is 7.22. The Kier molecular flexibility index (Phi) is 7.17. The molecule has 0 saturated heterocycles. The van der Waals surface area contributed by atoms with Crippen molar-refractivity contribution in [3.05, 3.63) is 20.8 Å². The minimum absolute atomic E-state index is 0. The molecule has 1 atom stereocenters. The molecule has 3 nitrogen and oxygen atoms in total. The van der Waals surface area contributed by atoms with Crippen LogP contribution in [0, 0.1) is 0 Å². The van der Waals surface area contributed by atoms with Crippen molar-refractivity contribution in [3.63, 3.8) is 0 Å². The number of nitrogens with two attached hydrogens (primary N) is 1. The first kappa shape index (κ1) is 14.9.